The van der Waals surface area contributed by atoms with Crippen LogP contribution in [0.25, 0.3) is 6.08 Å². The maximum Gasteiger partial charge on any atom is 0.294 e. The lowest BCUT2D eigenvalue weighted by molar-refractivity contribution is -0.132. The average molecular weight is 531 g/mol. The van der Waals surface area contributed by atoms with E-state index in [1.807, 2.05) is 59.5 Å². The number of carbonyl (C=O) groups is 2. The minimum Gasteiger partial charge on any atom is -0.449 e. The van der Waals surface area contributed by atoms with Gasteiger partial charge >= 0.3 is 0 Å². The first-order valence-corrected chi connectivity index (χ1v) is 12.7. The maximum atomic E-state index is 13.4. The lowest BCUT2D eigenvalue weighted by atomic mass is 9.90. The van der Waals surface area contributed by atoms with Crippen LogP contribution in [-0.4, -0.2) is 36.3 Å². The molecule has 0 N–H and O–H groups in total. The third-order valence-corrected chi connectivity index (χ3v) is 7.37. The van der Waals surface area contributed by atoms with Crippen molar-refractivity contribution in [1.29, 1.82) is 0 Å². The summed E-state index contributed by atoms with van der Waals surface area (Å²) in [4.78, 5) is 30.1. The number of likely N-dealkylation sites (tertiary alicyclic amines) is 1. The van der Waals surface area contributed by atoms with Crippen molar-refractivity contribution in [1.82, 2.24) is 4.90 Å². The molecule has 6 heteroatoms. The Morgan fingerprint density at radius 3 is 2.40 bits per heavy atom. The number of hydrogen-bond acceptors (Lipinski definition) is 3. The molecule has 2 heterocycles. The van der Waals surface area contributed by atoms with Gasteiger partial charge in [0.25, 0.3) is 5.91 Å². The summed E-state index contributed by atoms with van der Waals surface area (Å²) in [7, 11) is 0. The molecule has 0 spiro atoms. The van der Waals surface area contributed by atoms with Gasteiger partial charge in [0.2, 0.25) is 5.91 Å². The standard InChI is InChI=1S/C29H27BrN2O3/c30-24-11-5-4-10-23(24)19-27-29(34)32(25-12-6-7-13-26(25)35-27)20-28(33)31-16-14-22(15-17-31)18-21-8-2-1-3-9-21/h1-13,19,22H,14-18,20H2. The fraction of sp³-hybridized carbons (Fsp3) is 0.241. The molecule has 178 valence electrons. The second-order valence-electron chi connectivity index (χ2n) is 9.01. The Balaban J connectivity index is 1.29. The summed E-state index contributed by atoms with van der Waals surface area (Å²) in [6.07, 6.45) is 4.71. The van der Waals surface area contributed by atoms with Crippen LogP contribution >= 0.6 is 15.9 Å². The second kappa shape index (κ2) is 10.5. The summed E-state index contributed by atoms with van der Waals surface area (Å²) < 4.78 is 6.82. The number of anilines is 1. The zero-order valence-electron chi connectivity index (χ0n) is 19.4. The molecule has 0 atom stereocenters. The van der Waals surface area contributed by atoms with E-state index in [-0.39, 0.29) is 24.1 Å². The number of amides is 2. The monoisotopic (exact) mass is 530 g/mol. The van der Waals surface area contributed by atoms with Gasteiger partial charge in [-0.3, -0.25) is 14.5 Å². The van der Waals surface area contributed by atoms with Crippen molar-refractivity contribution in [2.24, 2.45) is 5.92 Å². The van der Waals surface area contributed by atoms with Gasteiger partial charge in [-0.05, 0) is 60.6 Å². The molecule has 2 amide bonds. The molecule has 2 aliphatic heterocycles. The topological polar surface area (TPSA) is 49.9 Å². The summed E-state index contributed by atoms with van der Waals surface area (Å²) in [5.41, 5.74) is 2.80. The van der Waals surface area contributed by atoms with Crippen molar-refractivity contribution in [2.45, 2.75) is 19.3 Å². The highest BCUT2D eigenvalue weighted by Crippen LogP contribution is 2.36. The first-order valence-electron chi connectivity index (χ1n) is 11.9. The normalized spacial score (nSPS) is 17.3. The van der Waals surface area contributed by atoms with Gasteiger partial charge in [-0.1, -0.05) is 76.6 Å². The fourth-order valence-electron chi connectivity index (χ4n) is 4.72. The van der Waals surface area contributed by atoms with Gasteiger partial charge in [0.1, 0.15) is 6.54 Å². The molecule has 0 bridgehead atoms. The molecule has 5 rings (SSSR count). The van der Waals surface area contributed by atoms with Crippen LogP contribution in [0.15, 0.2) is 89.1 Å². The molecule has 35 heavy (non-hydrogen) atoms. The van der Waals surface area contributed by atoms with Gasteiger partial charge in [0.15, 0.2) is 11.5 Å². The summed E-state index contributed by atoms with van der Waals surface area (Å²) in [5.74, 6) is 0.996. The summed E-state index contributed by atoms with van der Waals surface area (Å²) in [6, 6.07) is 25.5. The molecule has 0 aromatic heterocycles. The Labute approximate surface area is 214 Å². The van der Waals surface area contributed by atoms with Crippen molar-refractivity contribution in [3.8, 4) is 5.75 Å². The van der Waals surface area contributed by atoms with Crippen molar-refractivity contribution in [3.63, 3.8) is 0 Å². The predicted octanol–water partition coefficient (Wildman–Crippen LogP) is 5.70. The SMILES string of the molecule is O=C(CN1C(=O)C(=Cc2ccccc2Br)Oc2ccccc21)N1CCC(Cc2ccccc2)CC1. The molecule has 1 saturated heterocycles. The van der Waals surface area contributed by atoms with Gasteiger partial charge in [-0.25, -0.2) is 0 Å². The molecule has 5 nitrogen and oxygen atoms in total. The Kier molecular flexibility index (Phi) is 7.00. The molecule has 1 fully saturated rings. The van der Waals surface area contributed by atoms with Gasteiger partial charge in [-0.2, -0.15) is 0 Å². The van der Waals surface area contributed by atoms with Crippen molar-refractivity contribution in [2.75, 3.05) is 24.5 Å². The third kappa shape index (κ3) is 5.33. The van der Waals surface area contributed by atoms with Gasteiger partial charge in [0, 0.05) is 17.6 Å². The van der Waals surface area contributed by atoms with Crippen molar-refractivity contribution in [3.05, 3.63) is 100 Å². The predicted molar refractivity (Wildman–Crippen MR) is 141 cm³/mol. The number of para-hydroxylation sites is 2. The highest BCUT2D eigenvalue weighted by atomic mass is 79.9. The number of fused-ring (bicyclic) bond motifs is 1. The molecule has 2 aliphatic rings. The lowest BCUT2D eigenvalue weighted by Crippen LogP contribution is -2.47. The number of nitrogens with zero attached hydrogens (tertiary/aromatic N) is 2. The second-order valence-corrected chi connectivity index (χ2v) is 9.86. The average Bonchev–Trinajstić information content (AvgIpc) is 2.89. The molecule has 0 saturated carbocycles. The van der Waals surface area contributed by atoms with Gasteiger partial charge < -0.3 is 9.64 Å². The molecule has 0 radical (unpaired) electrons. The molecule has 3 aromatic carbocycles. The molecule has 0 unspecified atom stereocenters. The maximum absolute atomic E-state index is 13.4. The Morgan fingerprint density at radius 2 is 1.63 bits per heavy atom. The Hall–Kier alpha value is -3.38. The number of ether oxygens (including phenoxy) is 1. The van der Waals surface area contributed by atoms with E-state index >= 15 is 0 Å². The Bertz CT molecular complexity index is 1250. The third-order valence-electron chi connectivity index (χ3n) is 6.65. The first kappa shape index (κ1) is 23.4. The van der Waals surface area contributed by atoms with Crippen LogP contribution in [0.1, 0.15) is 24.0 Å². The van der Waals surface area contributed by atoms with Crippen LogP contribution in [0.4, 0.5) is 5.69 Å². The number of hydrogen-bond donors (Lipinski definition) is 0. The van der Waals surface area contributed by atoms with Crippen molar-refractivity contribution < 1.29 is 14.3 Å². The van der Waals surface area contributed by atoms with Gasteiger partial charge in [-0.15, -0.1) is 0 Å². The highest BCUT2D eigenvalue weighted by Gasteiger charge is 2.33. The minimum absolute atomic E-state index is 0.00411. The molecular weight excluding hydrogens is 504 g/mol. The largest absolute Gasteiger partial charge is 0.449 e. The zero-order chi connectivity index (χ0) is 24.2. The van der Waals surface area contributed by atoms with Crippen molar-refractivity contribution >= 4 is 39.5 Å². The number of carbonyl (C=O) groups excluding carboxylic acids is 2. The van der Waals surface area contributed by atoms with E-state index in [9.17, 15) is 9.59 Å². The van der Waals surface area contributed by atoms with E-state index in [1.54, 1.807) is 11.0 Å². The van der Waals surface area contributed by atoms with Gasteiger partial charge in [0.05, 0.1) is 5.69 Å². The molecule has 0 aliphatic carbocycles. The Morgan fingerprint density at radius 1 is 0.943 bits per heavy atom. The van der Waals surface area contributed by atoms with E-state index in [0.717, 1.165) is 42.4 Å². The van der Waals surface area contributed by atoms with E-state index in [0.29, 0.717) is 17.4 Å². The molecular formula is C29H27BrN2O3. The fourth-order valence-corrected chi connectivity index (χ4v) is 5.12. The van der Waals surface area contributed by atoms with E-state index in [1.165, 1.54) is 5.56 Å². The van der Waals surface area contributed by atoms with Crippen LogP contribution in [0.5, 0.6) is 5.75 Å². The zero-order valence-corrected chi connectivity index (χ0v) is 21.0. The lowest BCUT2D eigenvalue weighted by Gasteiger charge is -2.35. The molecule has 3 aromatic rings. The van der Waals surface area contributed by atoms with E-state index in [2.05, 4.69) is 40.2 Å². The summed E-state index contributed by atoms with van der Waals surface area (Å²) in [5, 5.41) is 0. The van der Waals surface area contributed by atoms with E-state index in [4.69, 9.17) is 4.74 Å². The quantitative estimate of drug-likeness (QED) is 0.397. The minimum atomic E-state index is -0.313. The number of piperidine rings is 1. The van der Waals surface area contributed by atoms with Crippen LogP contribution in [0.3, 0.4) is 0 Å². The van der Waals surface area contributed by atoms with Crippen LogP contribution in [-0.2, 0) is 16.0 Å². The number of rotatable bonds is 5. The first-order chi connectivity index (χ1) is 17.1. The smallest absolute Gasteiger partial charge is 0.294 e. The number of benzene rings is 3. The summed E-state index contributed by atoms with van der Waals surface area (Å²) in [6.45, 7) is 1.43. The highest BCUT2D eigenvalue weighted by molar-refractivity contribution is 9.10. The summed E-state index contributed by atoms with van der Waals surface area (Å²) >= 11 is 3.52. The van der Waals surface area contributed by atoms with Crippen LogP contribution < -0.4 is 9.64 Å². The van der Waals surface area contributed by atoms with E-state index < -0.39 is 0 Å². The number of halogens is 1. The van der Waals surface area contributed by atoms with Crippen LogP contribution in [0, 0.1) is 5.92 Å². The van der Waals surface area contributed by atoms with Crippen LogP contribution in [0.2, 0.25) is 0 Å².